The monoisotopic (exact) mass is 206 g/mol. The number of hydrogen-bond acceptors (Lipinski definition) is 2. The van der Waals surface area contributed by atoms with Gasteiger partial charge < -0.3 is 19.6 Å². The lowest BCUT2D eigenvalue weighted by atomic mass is 11.0. The molecule has 0 aliphatic rings. The summed E-state index contributed by atoms with van der Waals surface area (Å²) in [6.07, 6.45) is -0.954. The first-order valence-corrected chi connectivity index (χ1v) is 6.99. The molecule has 0 saturated heterocycles. The molecule has 0 rings (SSSR count). The van der Waals surface area contributed by atoms with Crippen molar-refractivity contribution in [3.63, 3.8) is 0 Å². The van der Waals surface area contributed by atoms with Crippen LogP contribution in [0.2, 0.25) is 0 Å². The van der Waals surface area contributed by atoms with Crippen molar-refractivity contribution in [3.8, 4) is 0 Å². The highest BCUT2D eigenvalue weighted by Crippen LogP contribution is 2.42. The third-order valence-corrected chi connectivity index (χ3v) is 3.20. The zero-order valence-electron chi connectivity index (χ0n) is 4.91. The topological polar surface area (TPSA) is 98.0 Å². The summed E-state index contributed by atoms with van der Waals surface area (Å²) < 4.78 is 10.1. The summed E-state index contributed by atoms with van der Waals surface area (Å²) >= 11 is 4.13. The van der Waals surface area contributed by atoms with E-state index in [0.29, 0.717) is 0 Å². The van der Waals surface area contributed by atoms with E-state index in [0.717, 1.165) is 0 Å². The first-order valence-electron chi connectivity index (χ1n) is 2.30. The summed E-state index contributed by atoms with van der Waals surface area (Å²) in [5.41, 5.74) is 0. The summed E-state index contributed by atoms with van der Waals surface area (Å²) in [6.45, 7) is -3.42. The quantitative estimate of drug-likeness (QED) is 0.463. The van der Waals surface area contributed by atoms with E-state index in [-0.39, 0.29) is 0 Å². The molecule has 0 aromatic rings. The zero-order valence-corrected chi connectivity index (χ0v) is 7.52. The van der Waals surface area contributed by atoms with E-state index in [4.69, 9.17) is 19.6 Å². The Hall–Kier alpha value is 0.720. The molecular weight excluding hydrogens is 198 g/mol. The van der Waals surface area contributed by atoms with Crippen LogP contribution in [0.3, 0.4) is 0 Å². The van der Waals surface area contributed by atoms with Crippen LogP contribution in [0.25, 0.3) is 0 Å². The van der Waals surface area contributed by atoms with Crippen molar-refractivity contribution in [2.24, 2.45) is 0 Å². The Bertz CT molecular complexity index is 168. The molecule has 0 bridgehead atoms. The first-order chi connectivity index (χ1) is 4.21. The maximum atomic E-state index is 10.1. The highest BCUT2D eigenvalue weighted by atomic mass is 32.5. The minimum absolute atomic E-state index is 0.396. The van der Waals surface area contributed by atoms with Gasteiger partial charge in [-0.2, -0.15) is 0 Å². The highest BCUT2D eigenvalue weighted by molar-refractivity contribution is 8.09. The molecule has 4 N–H and O–H groups in total. The maximum Gasteiger partial charge on any atom is 0.326 e. The molecule has 0 aromatic carbocycles. The van der Waals surface area contributed by atoms with Crippen molar-refractivity contribution in [2.45, 2.75) is 0 Å². The molecule has 62 valence electrons. The fourth-order valence-corrected chi connectivity index (χ4v) is 3.08. The van der Waals surface area contributed by atoms with Crippen LogP contribution in [-0.4, -0.2) is 31.9 Å². The van der Waals surface area contributed by atoms with E-state index in [1.807, 2.05) is 0 Å². The van der Waals surface area contributed by atoms with Gasteiger partial charge in [0.05, 0.1) is 6.16 Å². The normalized spacial score (nSPS) is 13.6. The van der Waals surface area contributed by atoms with Crippen LogP contribution in [-0.2, 0) is 16.4 Å². The Kier molecular flexibility index (Phi) is 3.66. The van der Waals surface area contributed by atoms with Crippen molar-refractivity contribution in [3.05, 3.63) is 0 Å². The van der Waals surface area contributed by atoms with Crippen molar-refractivity contribution < 1.29 is 24.1 Å². The molecule has 0 spiro atoms. The summed E-state index contributed by atoms with van der Waals surface area (Å²) in [7, 11) is -4.12. The minimum Gasteiger partial charge on any atom is -0.345 e. The first kappa shape index (κ1) is 10.7. The Labute approximate surface area is 63.0 Å². The summed E-state index contributed by atoms with van der Waals surface area (Å²) in [4.78, 5) is 33.5. The van der Waals surface area contributed by atoms with Crippen molar-refractivity contribution >= 4 is 25.9 Å². The lowest BCUT2D eigenvalue weighted by Crippen LogP contribution is -1.95. The molecule has 0 radical (unpaired) electrons. The van der Waals surface area contributed by atoms with Gasteiger partial charge in [-0.15, -0.1) is 0 Å². The molecule has 5 nitrogen and oxygen atoms in total. The van der Waals surface area contributed by atoms with Gasteiger partial charge in [0.1, 0.15) is 0 Å². The SMILES string of the molecule is O=P(O)(O)CCP(O)(O)=S. The molecule has 0 aliphatic heterocycles. The Balaban J connectivity index is 3.79. The molecule has 8 heteroatoms. The third-order valence-electron chi connectivity index (χ3n) is 0.683. The van der Waals surface area contributed by atoms with Crippen LogP contribution in [0, 0.1) is 0 Å². The highest BCUT2D eigenvalue weighted by Gasteiger charge is 2.17. The average molecular weight is 206 g/mol. The van der Waals surface area contributed by atoms with Gasteiger partial charge >= 0.3 is 7.60 Å². The molecule has 0 aliphatic carbocycles. The van der Waals surface area contributed by atoms with E-state index >= 15 is 0 Å². The summed E-state index contributed by atoms with van der Waals surface area (Å²) in [6, 6.07) is 0. The van der Waals surface area contributed by atoms with Gasteiger partial charge in [-0.25, -0.2) is 0 Å². The van der Waals surface area contributed by atoms with Gasteiger partial charge in [-0.05, 0) is 11.8 Å². The van der Waals surface area contributed by atoms with E-state index in [2.05, 4.69) is 11.8 Å². The maximum absolute atomic E-state index is 10.1. The van der Waals surface area contributed by atoms with E-state index in [9.17, 15) is 4.57 Å². The lowest BCUT2D eigenvalue weighted by Gasteiger charge is -2.07. The second-order valence-electron chi connectivity index (χ2n) is 1.78. The molecular formula is C2H8O5P2S. The van der Waals surface area contributed by atoms with Gasteiger partial charge in [0.15, 0.2) is 6.49 Å². The van der Waals surface area contributed by atoms with Crippen LogP contribution in [0.15, 0.2) is 0 Å². The fourth-order valence-electron chi connectivity index (χ4n) is 0.261. The van der Waals surface area contributed by atoms with Gasteiger partial charge in [-0.1, -0.05) is 0 Å². The van der Waals surface area contributed by atoms with Crippen LogP contribution in [0.1, 0.15) is 0 Å². The molecule has 10 heavy (non-hydrogen) atoms. The number of rotatable bonds is 3. The second kappa shape index (κ2) is 3.41. The van der Waals surface area contributed by atoms with Gasteiger partial charge in [-0.3, -0.25) is 4.57 Å². The summed E-state index contributed by atoms with van der Waals surface area (Å²) in [5.74, 6) is 0. The average Bonchev–Trinajstić information content (AvgIpc) is 1.57. The fraction of sp³-hybridized carbons (Fsp3) is 1.00. The van der Waals surface area contributed by atoms with E-state index < -0.39 is 26.4 Å². The molecule has 0 heterocycles. The Morgan fingerprint density at radius 2 is 1.50 bits per heavy atom. The van der Waals surface area contributed by atoms with Crippen LogP contribution >= 0.6 is 14.1 Å². The van der Waals surface area contributed by atoms with Gasteiger partial charge in [0.2, 0.25) is 0 Å². The Morgan fingerprint density at radius 1 is 1.10 bits per heavy atom. The Morgan fingerprint density at radius 3 is 1.60 bits per heavy atom. The lowest BCUT2D eigenvalue weighted by molar-refractivity contribution is 0.373. The van der Waals surface area contributed by atoms with Crippen LogP contribution < -0.4 is 0 Å². The molecule has 0 fully saturated rings. The van der Waals surface area contributed by atoms with Crippen molar-refractivity contribution in [1.82, 2.24) is 0 Å². The van der Waals surface area contributed by atoms with Crippen molar-refractivity contribution in [2.75, 3.05) is 12.3 Å². The predicted octanol–water partition coefficient (Wildman–Crippen LogP) is -0.542. The molecule has 0 saturated carbocycles. The van der Waals surface area contributed by atoms with Crippen LogP contribution in [0.4, 0.5) is 0 Å². The number of hydrogen-bond donors (Lipinski definition) is 4. The largest absolute Gasteiger partial charge is 0.345 e. The summed E-state index contributed by atoms with van der Waals surface area (Å²) in [5, 5.41) is 0. The third kappa shape index (κ3) is 8.72. The van der Waals surface area contributed by atoms with Gasteiger partial charge in [0, 0.05) is 6.16 Å². The minimum atomic E-state index is -4.12. The molecule has 0 aromatic heterocycles. The second-order valence-corrected chi connectivity index (χ2v) is 7.08. The van der Waals surface area contributed by atoms with Gasteiger partial charge in [0.25, 0.3) is 0 Å². The molecule has 0 unspecified atom stereocenters. The smallest absolute Gasteiger partial charge is 0.326 e. The predicted molar refractivity (Wildman–Crippen MR) is 40.5 cm³/mol. The van der Waals surface area contributed by atoms with Crippen molar-refractivity contribution in [1.29, 1.82) is 0 Å². The van der Waals surface area contributed by atoms with E-state index in [1.165, 1.54) is 0 Å². The van der Waals surface area contributed by atoms with Crippen LogP contribution in [0.5, 0.6) is 0 Å². The zero-order chi connectivity index (χ0) is 8.41. The standard InChI is InChI=1S/C2H8O5P2S/c3-8(4,5)1-2-9(6,7)10/h1-2H2,(H2,3,4,5)(H2,6,7,10). The molecule has 0 atom stereocenters. The molecule has 0 amide bonds. The van der Waals surface area contributed by atoms with E-state index in [1.54, 1.807) is 0 Å².